The Bertz CT molecular complexity index is 511. The second kappa shape index (κ2) is 7.75. The average molecular weight is 269 g/mol. The van der Waals surface area contributed by atoms with Gasteiger partial charge in [0.05, 0.1) is 0 Å². The Labute approximate surface area is 121 Å². The molecule has 0 bridgehead atoms. The maximum Gasteiger partial charge on any atom is 0.0341 e. The van der Waals surface area contributed by atoms with Crippen LogP contribution in [0.15, 0.2) is 43.0 Å². The third-order valence-electron chi connectivity index (χ3n) is 3.54. The molecule has 0 aliphatic heterocycles. The van der Waals surface area contributed by atoms with Crippen LogP contribution in [-0.2, 0) is 6.42 Å². The summed E-state index contributed by atoms with van der Waals surface area (Å²) in [6.07, 6.45) is 10.9. The third kappa shape index (κ3) is 4.14. The fourth-order valence-corrected chi connectivity index (χ4v) is 2.38. The molecule has 1 atom stereocenters. The highest BCUT2D eigenvalue weighted by molar-refractivity contribution is 5.25. The monoisotopic (exact) mass is 269 g/mol. The van der Waals surface area contributed by atoms with E-state index < -0.39 is 0 Å². The van der Waals surface area contributed by atoms with Crippen LogP contribution in [0.2, 0.25) is 0 Å². The summed E-state index contributed by atoms with van der Waals surface area (Å²) in [6.45, 7) is 5.38. The zero-order valence-corrected chi connectivity index (χ0v) is 12.3. The van der Waals surface area contributed by atoms with Gasteiger partial charge in [0.2, 0.25) is 0 Å². The highest BCUT2D eigenvalue weighted by Crippen LogP contribution is 2.21. The second-order valence-electron chi connectivity index (χ2n) is 5.14. The van der Waals surface area contributed by atoms with Gasteiger partial charge in [-0.2, -0.15) is 0 Å². The number of hydrogen-bond acceptors (Lipinski definition) is 3. The number of nitrogens with one attached hydrogen (secondary N) is 1. The summed E-state index contributed by atoms with van der Waals surface area (Å²) in [4.78, 5) is 8.46. The first-order valence-corrected chi connectivity index (χ1v) is 7.34. The second-order valence-corrected chi connectivity index (χ2v) is 5.14. The van der Waals surface area contributed by atoms with Crippen LogP contribution in [0.1, 0.15) is 42.5 Å². The van der Waals surface area contributed by atoms with Crippen molar-refractivity contribution in [1.82, 2.24) is 15.3 Å². The van der Waals surface area contributed by atoms with Gasteiger partial charge in [0.25, 0.3) is 0 Å². The summed E-state index contributed by atoms with van der Waals surface area (Å²) >= 11 is 0. The minimum atomic E-state index is 0.365. The summed E-state index contributed by atoms with van der Waals surface area (Å²) < 4.78 is 0. The van der Waals surface area contributed by atoms with Gasteiger partial charge in [0, 0.05) is 30.8 Å². The molecule has 0 aliphatic rings. The van der Waals surface area contributed by atoms with E-state index in [0.29, 0.717) is 6.04 Å². The zero-order chi connectivity index (χ0) is 14.2. The molecule has 2 rings (SSSR count). The Kier molecular flexibility index (Phi) is 5.69. The van der Waals surface area contributed by atoms with E-state index in [-0.39, 0.29) is 0 Å². The zero-order valence-electron chi connectivity index (χ0n) is 12.3. The first-order chi connectivity index (χ1) is 9.81. The maximum atomic E-state index is 4.28. The van der Waals surface area contributed by atoms with Crippen LogP contribution in [0.4, 0.5) is 0 Å². The molecule has 2 heterocycles. The minimum absolute atomic E-state index is 0.365. The highest BCUT2D eigenvalue weighted by atomic mass is 14.9. The molecule has 1 unspecified atom stereocenters. The van der Waals surface area contributed by atoms with Crippen molar-refractivity contribution in [2.75, 3.05) is 6.54 Å². The molecular weight excluding hydrogens is 246 g/mol. The Morgan fingerprint density at radius 2 is 2.00 bits per heavy atom. The third-order valence-corrected chi connectivity index (χ3v) is 3.54. The molecule has 2 aromatic rings. The smallest absolute Gasteiger partial charge is 0.0341 e. The van der Waals surface area contributed by atoms with E-state index in [1.165, 1.54) is 16.7 Å². The van der Waals surface area contributed by atoms with Crippen LogP contribution < -0.4 is 5.32 Å². The van der Waals surface area contributed by atoms with Crippen LogP contribution in [0.25, 0.3) is 0 Å². The molecule has 0 radical (unpaired) electrons. The fourth-order valence-electron chi connectivity index (χ4n) is 2.38. The Hall–Kier alpha value is -1.74. The molecule has 20 heavy (non-hydrogen) atoms. The maximum absolute atomic E-state index is 4.28. The van der Waals surface area contributed by atoms with Crippen molar-refractivity contribution < 1.29 is 0 Å². The Balaban J connectivity index is 2.06. The number of hydrogen-bond donors (Lipinski definition) is 1. The van der Waals surface area contributed by atoms with Crippen molar-refractivity contribution >= 4 is 0 Å². The van der Waals surface area contributed by atoms with Gasteiger partial charge < -0.3 is 5.32 Å². The summed E-state index contributed by atoms with van der Waals surface area (Å²) in [6, 6.07) is 6.59. The molecule has 0 aliphatic carbocycles. The SMILES string of the molecule is CCCNC(CCc1cccnc1)c1cnccc1C. The first-order valence-electron chi connectivity index (χ1n) is 7.34. The Morgan fingerprint density at radius 3 is 2.70 bits per heavy atom. The molecule has 0 fully saturated rings. The van der Waals surface area contributed by atoms with E-state index in [1.54, 1.807) is 0 Å². The van der Waals surface area contributed by atoms with Gasteiger partial charge in [0.1, 0.15) is 0 Å². The Morgan fingerprint density at radius 1 is 1.15 bits per heavy atom. The normalized spacial score (nSPS) is 12.3. The molecular formula is C17H23N3. The van der Waals surface area contributed by atoms with Crippen molar-refractivity contribution in [1.29, 1.82) is 0 Å². The summed E-state index contributed by atoms with van der Waals surface area (Å²) in [5.41, 5.74) is 3.90. The molecule has 0 saturated heterocycles. The van der Waals surface area contributed by atoms with Gasteiger partial charge in [-0.1, -0.05) is 13.0 Å². The van der Waals surface area contributed by atoms with E-state index in [0.717, 1.165) is 25.8 Å². The summed E-state index contributed by atoms with van der Waals surface area (Å²) in [5, 5.41) is 3.64. The minimum Gasteiger partial charge on any atom is -0.310 e. The molecule has 0 aromatic carbocycles. The molecule has 0 amide bonds. The van der Waals surface area contributed by atoms with Crippen LogP contribution in [-0.4, -0.2) is 16.5 Å². The molecule has 3 heteroatoms. The highest BCUT2D eigenvalue weighted by Gasteiger charge is 2.13. The largest absolute Gasteiger partial charge is 0.310 e. The van der Waals surface area contributed by atoms with Gasteiger partial charge in [0.15, 0.2) is 0 Å². The lowest BCUT2D eigenvalue weighted by Gasteiger charge is -2.20. The predicted molar refractivity (Wildman–Crippen MR) is 82.6 cm³/mol. The summed E-state index contributed by atoms with van der Waals surface area (Å²) in [5.74, 6) is 0. The van der Waals surface area contributed by atoms with E-state index in [4.69, 9.17) is 0 Å². The lowest BCUT2D eigenvalue weighted by atomic mass is 9.97. The van der Waals surface area contributed by atoms with Gasteiger partial charge >= 0.3 is 0 Å². The van der Waals surface area contributed by atoms with Crippen molar-refractivity contribution in [3.8, 4) is 0 Å². The van der Waals surface area contributed by atoms with Crippen LogP contribution in [0.3, 0.4) is 0 Å². The molecule has 1 N–H and O–H groups in total. The van der Waals surface area contributed by atoms with Gasteiger partial charge in [-0.15, -0.1) is 0 Å². The first kappa shape index (κ1) is 14.7. The number of aryl methyl sites for hydroxylation is 2. The number of nitrogens with zero attached hydrogens (tertiary/aromatic N) is 2. The standard InChI is InChI=1S/C17H23N3/c1-3-9-20-17(16-13-19-11-8-14(16)2)7-6-15-5-4-10-18-12-15/h4-5,8,10-13,17,20H,3,6-7,9H2,1-2H3. The van der Waals surface area contributed by atoms with E-state index in [1.807, 2.05) is 30.9 Å². The number of aromatic nitrogens is 2. The van der Waals surface area contributed by atoms with Crippen molar-refractivity contribution in [3.63, 3.8) is 0 Å². The molecule has 3 nitrogen and oxygen atoms in total. The van der Waals surface area contributed by atoms with Crippen LogP contribution >= 0.6 is 0 Å². The van der Waals surface area contributed by atoms with Crippen LogP contribution in [0.5, 0.6) is 0 Å². The van der Waals surface area contributed by atoms with Crippen molar-refractivity contribution in [2.45, 2.75) is 39.2 Å². The number of rotatable bonds is 7. The van der Waals surface area contributed by atoms with Crippen molar-refractivity contribution in [3.05, 3.63) is 59.7 Å². The lowest BCUT2D eigenvalue weighted by Crippen LogP contribution is -2.23. The van der Waals surface area contributed by atoms with Gasteiger partial charge in [-0.25, -0.2) is 0 Å². The molecule has 0 spiro atoms. The summed E-state index contributed by atoms with van der Waals surface area (Å²) in [7, 11) is 0. The quantitative estimate of drug-likeness (QED) is 0.836. The molecule has 106 valence electrons. The van der Waals surface area contributed by atoms with E-state index in [2.05, 4.69) is 41.3 Å². The topological polar surface area (TPSA) is 37.8 Å². The van der Waals surface area contributed by atoms with Crippen molar-refractivity contribution in [2.24, 2.45) is 0 Å². The lowest BCUT2D eigenvalue weighted by molar-refractivity contribution is 0.496. The van der Waals surface area contributed by atoms with Gasteiger partial charge in [-0.05, 0) is 61.6 Å². The van der Waals surface area contributed by atoms with E-state index >= 15 is 0 Å². The number of pyridine rings is 2. The van der Waals surface area contributed by atoms with Gasteiger partial charge in [-0.3, -0.25) is 9.97 Å². The predicted octanol–water partition coefficient (Wildman–Crippen LogP) is 3.46. The van der Waals surface area contributed by atoms with E-state index in [9.17, 15) is 0 Å². The molecule has 0 saturated carbocycles. The average Bonchev–Trinajstić information content (AvgIpc) is 2.49. The molecule has 2 aromatic heterocycles. The fraction of sp³-hybridized carbons (Fsp3) is 0.412. The van der Waals surface area contributed by atoms with Crippen LogP contribution in [0, 0.1) is 6.92 Å².